The summed E-state index contributed by atoms with van der Waals surface area (Å²) in [5, 5.41) is 13.3. The van der Waals surface area contributed by atoms with Crippen molar-refractivity contribution in [3.63, 3.8) is 0 Å². The van der Waals surface area contributed by atoms with Crippen LogP contribution in [0.15, 0.2) is 66.3 Å². The molecule has 1 atom stereocenters. The molecule has 1 aliphatic rings. The third-order valence-electron chi connectivity index (χ3n) is 6.30. The summed E-state index contributed by atoms with van der Waals surface area (Å²) in [5.74, 6) is 1.33. The maximum atomic E-state index is 13.2. The lowest BCUT2D eigenvalue weighted by Crippen LogP contribution is -2.30. The van der Waals surface area contributed by atoms with Gasteiger partial charge in [-0.15, -0.1) is 11.3 Å². The molecule has 35 heavy (non-hydrogen) atoms. The van der Waals surface area contributed by atoms with Gasteiger partial charge in [0.15, 0.2) is 0 Å². The maximum absolute atomic E-state index is 13.2. The second kappa shape index (κ2) is 10.2. The van der Waals surface area contributed by atoms with Crippen molar-refractivity contribution < 1.29 is 9.53 Å². The molecule has 8 heteroatoms. The van der Waals surface area contributed by atoms with Crippen molar-refractivity contribution in [1.29, 1.82) is 0 Å². The Balaban J connectivity index is 1.46. The van der Waals surface area contributed by atoms with Gasteiger partial charge in [0, 0.05) is 29.1 Å². The average Bonchev–Trinajstić information content (AvgIpc) is 3.57. The highest BCUT2D eigenvalue weighted by Crippen LogP contribution is 2.41. The van der Waals surface area contributed by atoms with Gasteiger partial charge in [-0.1, -0.05) is 25.1 Å². The number of para-hydroxylation sites is 1. The average molecular weight is 486 g/mol. The van der Waals surface area contributed by atoms with Crippen LogP contribution < -0.4 is 15.0 Å². The van der Waals surface area contributed by atoms with Crippen LogP contribution in [-0.4, -0.2) is 33.7 Å². The predicted octanol–water partition coefficient (Wildman–Crippen LogP) is 6.33. The largest absolute Gasteiger partial charge is 0.457 e. The van der Waals surface area contributed by atoms with Crippen LogP contribution in [0.4, 0.5) is 11.4 Å². The van der Waals surface area contributed by atoms with Crippen LogP contribution in [0.1, 0.15) is 42.2 Å². The summed E-state index contributed by atoms with van der Waals surface area (Å²) in [6.07, 6.45) is 6.58. The zero-order valence-electron chi connectivity index (χ0n) is 19.8. The fourth-order valence-electron chi connectivity index (χ4n) is 4.55. The third kappa shape index (κ3) is 4.88. The Morgan fingerprint density at radius 2 is 2.03 bits per heavy atom. The SMILES string of the molecule is CC[C@H]1CCCN1c1c(NC(=O)c2csc(-c3ccnnc3)n2)ccc(Oc2ccccc2)c1C. The first kappa shape index (κ1) is 23.0. The fraction of sp³-hybridized carbons (Fsp3) is 0.259. The molecule has 0 unspecified atom stereocenters. The number of hydrogen-bond donors (Lipinski definition) is 1. The molecule has 0 bridgehead atoms. The molecule has 1 saturated heterocycles. The topological polar surface area (TPSA) is 80.2 Å². The van der Waals surface area contributed by atoms with Crippen molar-refractivity contribution >= 4 is 28.6 Å². The lowest BCUT2D eigenvalue weighted by molar-refractivity contribution is 0.102. The zero-order chi connectivity index (χ0) is 24.2. The van der Waals surface area contributed by atoms with Gasteiger partial charge in [-0.3, -0.25) is 4.79 Å². The van der Waals surface area contributed by atoms with E-state index in [1.54, 1.807) is 17.8 Å². The smallest absolute Gasteiger partial charge is 0.275 e. The van der Waals surface area contributed by atoms with E-state index >= 15 is 0 Å². The summed E-state index contributed by atoms with van der Waals surface area (Å²) >= 11 is 1.41. The lowest BCUT2D eigenvalue weighted by atomic mass is 10.1. The number of aromatic nitrogens is 3. The Labute approximate surface area is 208 Å². The van der Waals surface area contributed by atoms with Gasteiger partial charge in [0.2, 0.25) is 0 Å². The molecule has 0 saturated carbocycles. The van der Waals surface area contributed by atoms with Crippen molar-refractivity contribution in [3.05, 3.63) is 77.6 Å². The molecule has 178 valence electrons. The van der Waals surface area contributed by atoms with Gasteiger partial charge in [-0.25, -0.2) is 4.98 Å². The van der Waals surface area contributed by atoms with Crippen molar-refractivity contribution in [3.8, 4) is 22.1 Å². The maximum Gasteiger partial charge on any atom is 0.275 e. The van der Waals surface area contributed by atoms with Gasteiger partial charge >= 0.3 is 0 Å². The van der Waals surface area contributed by atoms with Crippen LogP contribution in [0, 0.1) is 6.92 Å². The number of nitrogens with zero attached hydrogens (tertiary/aromatic N) is 4. The van der Waals surface area contributed by atoms with Gasteiger partial charge in [0.05, 0.1) is 23.8 Å². The number of thiazole rings is 1. The highest BCUT2D eigenvalue weighted by atomic mass is 32.1. The Morgan fingerprint density at radius 3 is 2.80 bits per heavy atom. The monoisotopic (exact) mass is 485 g/mol. The minimum atomic E-state index is -0.237. The predicted molar refractivity (Wildman–Crippen MR) is 139 cm³/mol. The highest BCUT2D eigenvalue weighted by molar-refractivity contribution is 7.13. The van der Waals surface area contributed by atoms with Gasteiger partial charge < -0.3 is 15.0 Å². The summed E-state index contributed by atoms with van der Waals surface area (Å²) in [4.78, 5) is 20.2. The van der Waals surface area contributed by atoms with Crippen LogP contribution in [0.2, 0.25) is 0 Å². The van der Waals surface area contributed by atoms with Gasteiger partial charge in [0.1, 0.15) is 22.2 Å². The number of rotatable bonds is 7. The lowest BCUT2D eigenvalue weighted by Gasteiger charge is -2.30. The molecular formula is C27H27N5O2S. The molecular weight excluding hydrogens is 458 g/mol. The van der Waals surface area contributed by atoms with Crippen molar-refractivity contribution in [2.45, 2.75) is 39.2 Å². The minimum absolute atomic E-state index is 0.237. The zero-order valence-corrected chi connectivity index (χ0v) is 20.6. The molecule has 2 aromatic carbocycles. The van der Waals surface area contributed by atoms with E-state index in [1.165, 1.54) is 11.3 Å². The summed E-state index contributed by atoms with van der Waals surface area (Å²) in [5.41, 5.74) is 4.02. The van der Waals surface area contributed by atoms with E-state index in [9.17, 15) is 4.79 Å². The van der Waals surface area contributed by atoms with E-state index in [4.69, 9.17) is 4.74 Å². The first-order valence-electron chi connectivity index (χ1n) is 11.8. The standard InChI is InChI=1S/C27H27N5O2S/c1-3-20-8-7-15-32(20)25-18(2)24(34-21-9-5-4-6-10-21)12-11-22(25)30-26(33)23-17-35-27(31-23)19-13-14-28-29-16-19/h4-6,9-14,16-17,20H,3,7-8,15H2,1-2H3,(H,30,33)/t20-/m0/s1. The number of ether oxygens (including phenoxy) is 1. The normalized spacial score (nSPS) is 15.3. The van der Waals surface area contributed by atoms with E-state index in [-0.39, 0.29) is 5.91 Å². The van der Waals surface area contributed by atoms with E-state index in [1.807, 2.05) is 48.5 Å². The summed E-state index contributed by atoms with van der Waals surface area (Å²) in [6, 6.07) is 15.9. The van der Waals surface area contributed by atoms with Crippen LogP contribution in [0.25, 0.3) is 10.6 Å². The van der Waals surface area contributed by atoms with Crippen molar-refractivity contribution in [2.24, 2.45) is 0 Å². The van der Waals surface area contributed by atoms with Gasteiger partial charge in [-0.2, -0.15) is 10.2 Å². The first-order chi connectivity index (χ1) is 17.1. The van der Waals surface area contributed by atoms with E-state index < -0.39 is 0 Å². The second-order valence-electron chi connectivity index (χ2n) is 8.52. The molecule has 1 amide bonds. The minimum Gasteiger partial charge on any atom is -0.457 e. The van der Waals surface area contributed by atoms with Crippen LogP contribution in [-0.2, 0) is 0 Å². The Hall–Kier alpha value is -3.78. The molecule has 1 aliphatic heterocycles. The summed E-state index contributed by atoms with van der Waals surface area (Å²) in [7, 11) is 0. The molecule has 2 aromatic heterocycles. The Morgan fingerprint density at radius 1 is 1.17 bits per heavy atom. The molecule has 0 aliphatic carbocycles. The molecule has 5 rings (SSSR count). The molecule has 3 heterocycles. The quantitative estimate of drug-likeness (QED) is 0.329. The van der Waals surface area contributed by atoms with E-state index in [0.29, 0.717) is 11.7 Å². The van der Waals surface area contributed by atoms with Gasteiger partial charge in [0.25, 0.3) is 5.91 Å². The first-order valence-corrected chi connectivity index (χ1v) is 12.7. The number of carbonyl (C=O) groups is 1. The van der Waals surface area contributed by atoms with Crippen LogP contribution in [0.5, 0.6) is 11.5 Å². The van der Waals surface area contributed by atoms with E-state index in [0.717, 1.165) is 64.8 Å². The van der Waals surface area contributed by atoms with E-state index in [2.05, 4.69) is 39.2 Å². The fourth-order valence-corrected chi connectivity index (χ4v) is 5.34. The molecule has 0 radical (unpaired) electrons. The highest BCUT2D eigenvalue weighted by Gasteiger charge is 2.28. The van der Waals surface area contributed by atoms with Crippen LogP contribution >= 0.6 is 11.3 Å². The Bertz CT molecular complexity index is 1310. The molecule has 4 aromatic rings. The Kier molecular flexibility index (Phi) is 6.72. The molecule has 0 spiro atoms. The third-order valence-corrected chi connectivity index (χ3v) is 7.20. The molecule has 7 nitrogen and oxygen atoms in total. The number of carbonyl (C=O) groups excluding carboxylic acids is 1. The van der Waals surface area contributed by atoms with Crippen molar-refractivity contribution in [2.75, 3.05) is 16.8 Å². The number of benzene rings is 2. The molecule has 1 N–H and O–H groups in total. The number of amides is 1. The number of hydrogen-bond acceptors (Lipinski definition) is 7. The number of nitrogens with one attached hydrogen (secondary N) is 1. The second-order valence-corrected chi connectivity index (χ2v) is 9.38. The summed E-state index contributed by atoms with van der Waals surface area (Å²) in [6.45, 7) is 5.23. The number of anilines is 2. The van der Waals surface area contributed by atoms with Gasteiger partial charge in [-0.05, 0) is 56.5 Å². The van der Waals surface area contributed by atoms with Crippen molar-refractivity contribution in [1.82, 2.24) is 15.2 Å². The van der Waals surface area contributed by atoms with Crippen LogP contribution in [0.3, 0.4) is 0 Å². The summed E-state index contributed by atoms with van der Waals surface area (Å²) < 4.78 is 6.21. The molecule has 1 fully saturated rings.